The number of hydrogen-bond acceptors (Lipinski definition) is 2. The molecule has 0 N–H and O–H groups in total. The normalized spacial score (nSPS) is 16.7. The van der Waals surface area contributed by atoms with Crippen LogP contribution in [0.5, 0.6) is 0 Å². The van der Waals surface area contributed by atoms with Gasteiger partial charge in [0, 0.05) is 0 Å². The van der Waals surface area contributed by atoms with Crippen molar-refractivity contribution in [2.75, 3.05) is 0 Å². The van der Waals surface area contributed by atoms with E-state index in [0.717, 1.165) is 0 Å². The first-order chi connectivity index (χ1) is 16.9. The van der Waals surface area contributed by atoms with E-state index < -0.39 is 41.6 Å². The zero-order valence-electron chi connectivity index (χ0n) is 25.5. The molecular formula is C30H56S2Si3Sn. The first kappa shape index (κ1) is 31.4. The Balaban J connectivity index is 2.47. The summed E-state index contributed by atoms with van der Waals surface area (Å²) in [5.41, 5.74) is 0. The van der Waals surface area contributed by atoms with Gasteiger partial charge in [-0.05, 0) is 0 Å². The number of fused-ring (bicyclic) bond motifs is 3. The van der Waals surface area contributed by atoms with Gasteiger partial charge in [0.05, 0.1) is 0 Å². The van der Waals surface area contributed by atoms with Gasteiger partial charge in [0.2, 0.25) is 0 Å². The van der Waals surface area contributed by atoms with Crippen LogP contribution in [-0.4, -0.2) is 41.6 Å². The van der Waals surface area contributed by atoms with Crippen molar-refractivity contribution in [3.63, 3.8) is 0 Å². The Morgan fingerprint density at radius 2 is 1.03 bits per heavy atom. The van der Waals surface area contributed by atoms with Gasteiger partial charge >= 0.3 is 242 Å². The summed E-state index contributed by atoms with van der Waals surface area (Å²) in [5, 5.41) is 4.03. The van der Waals surface area contributed by atoms with Crippen LogP contribution in [0.2, 0.25) is 58.6 Å². The van der Waals surface area contributed by atoms with E-state index in [2.05, 4.69) is 97.0 Å². The Morgan fingerprint density at radius 1 is 0.639 bits per heavy atom. The molecule has 0 unspecified atom stereocenters. The first-order valence-corrected chi connectivity index (χ1v) is 36.2. The molecule has 0 radical (unpaired) electrons. The molecule has 0 saturated heterocycles. The van der Waals surface area contributed by atoms with Crippen molar-refractivity contribution in [3.05, 3.63) is 12.1 Å². The van der Waals surface area contributed by atoms with Gasteiger partial charge in [0.1, 0.15) is 0 Å². The quantitative estimate of drug-likeness (QED) is 0.174. The van der Waals surface area contributed by atoms with E-state index in [0.29, 0.717) is 0 Å². The molecule has 0 fully saturated rings. The van der Waals surface area contributed by atoms with Crippen molar-refractivity contribution in [1.29, 1.82) is 0 Å². The predicted molar refractivity (Wildman–Crippen MR) is 183 cm³/mol. The summed E-state index contributed by atoms with van der Waals surface area (Å²) in [7, 11) is -4.65. The third kappa shape index (κ3) is 5.96. The minimum absolute atomic E-state index is 1.35. The van der Waals surface area contributed by atoms with Crippen LogP contribution >= 0.6 is 22.7 Å². The van der Waals surface area contributed by atoms with E-state index in [-0.39, 0.29) is 0 Å². The van der Waals surface area contributed by atoms with Gasteiger partial charge in [-0.3, -0.25) is 0 Å². The van der Waals surface area contributed by atoms with Gasteiger partial charge in [-0.1, -0.05) is 0 Å². The second-order valence-corrected chi connectivity index (χ2v) is 49.9. The Hall–Kier alpha value is 0.849. The molecule has 36 heavy (non-hydrogen) atoms. The summed E-state index contributed by atoms with van der Waals surface area (Å²) in [6, 6.07) is 12.2. The van der Waals surface area contributed by atoms with Crippen molar-refractivity contribution in [2.45, 2.75) is 138 Å². The predicted octanol–water partition coefficient (Wildman–Crippen LogP) is 9.17. The van der Waals surface area contributed by atoms with Crippen LogP contribution in [0.15, 0.2) is 12.1 Å². The molecular weight excluding hydrogens is 627 g/mol. The van der Waals surface area contributed by atoms with Crippen LogP contribution in [0.4, 0.5) is 0 Å². The van der Waals surface area contributed by atoms with Crippen molar-refractivity contribution in [1.82, 2.24) is 0 Å². The fourth-order valence-electron chi connectivity index (χ4n) is 6.75. The van der Waals surface area contributed by atoms with Gasteiger partial charge < -0.3 is 0 Å². The van der Waals surface area contributed by atoms with Crippen molar-refractivity contribution < 1.29 is 0 Å². The fourth-order valence-corrected chi connectivity index (χ4v) is 41.5. The molecule has 6 heteroatoms. The first-order valence-electron chi connectivity index (χ1n) is 15.2. The molecule has 0 bridgehead atoms. The molecule has 2 aromatic rings. The Morgan fingerprint density at radius 3 is 1.39 bits per heavy atom. The number of thiophene rings is 2. The summed E-state index contributed by atoms with van der Waals surface area (Å²) >= 11 is 2.41. The molecule has 204 valence electrons. The molecule has 0 atom stereocenters. The van der Waals surface area contributed by atoms with Crippen LogP contribution < -0.4 is 17.8 Å². The summed E-state index contributed by atoms with van der Waals surface area (Å²) in [6.45, 7) is 17.6. The standard InChI is InChI=1S/C27H47S2Si3.3CH3.Sn/c1-8-12-18-31(19-13-9-2)23-16-17-28-26(23)27-24(22-25(29-27)30(5,6)7)32(31,20-14-10-3)21-15-11-4;;;;/h16,22H,8-15,18-21H2,1-7H3;3*1H3;. The molecule has 0 aromatic carbocycles. The van der Waals surface area contributed by atoms with Crippen LogP contribution in [0.1, 0.15) is 79.1 Å². The average molecular weight is 684 g/mol. The maximum absolute atomic E-state index is 2.92. The van der Waals surface area contributed by atoms with E-state index in [1.807, 2.05) is 23.0 Å². The summed E-state index contributed by atoms with van der Waals surface area (Å²) in [6.07, 6.45) is 11.3. The number of unbranched alkanes of at least 4 members (excludes halogenated alkanes) is 4. The zero-order valence-corrected chi connectivity index (χ0v) is 32.9. The fraction of sp³-hybridized carbons (Fsp3) is 0.733. The van der Waals surface area contributed by atoms with Crippen LogP contribution in [0.25, 0.3) is 9.75 Å². The molecule has 3 rings (SSSR count). The van der Waals surface area contributed by atoms with Gasteiger partial charge in [-0.25, -0.2) is 0 Å². The van der Waals surface area contributed by atoms with Crippen LogP contribution in [0, 0.1) is 0 Å². The van der Waals surface area contributed by atoms with Gasteiger partial charge in [-0.2, -0.15) is 0 Å². The monoisotopic (exact) mass is 684 g/mol. The zero-order chi connectivity index (χ0) is 26.8. The number of hydrogen-bond donors (Lipinski definition) is 0. The number of rotatable bonds is 14. The second kappa shape index (κ2) is 12.6. The molecule has 1 aliphatic heterocycles. The van der Waals surface area contributed by atoms with E-state index >= 15 is 0 Å². The third-order valence-electron chi connectivity index (χ3n) is 8.92. The average Bonchev–Trinajstić information content (AvgIpc) is 3.45. The van der Waals surface area contributed by atoms with Crippen molar-refractivity contribution in [2.24, 2.45) is 0 Å². The SMILES string of the molecule is CCCC[Si]1(CCCC)c2cc([Si](C)(C)C)sc2-c2s[c]([Sn]([CH3])([CH3])[CH3])cc2[Si]1(CCCC)CCCC. The van der Waals surface area contributed by atoms with Gasteiger partial charge in [0.15, 0.2) is 0 Å². The topological polar surface area (TPSA) is 0 Å². The molecule has 3 heterocycles. The van der Waals surface area contributed by atoms with E-state index in [4.69, 9.17) is 0 Å². The third-order valence-corrected chi connectivity index (χ3v) is 44.4. The minimum atomic E-state index is -2.17. The molecule has 0 spiro atoms. The molecule has 2 aromatic heterocycles. The molecule has 0 saturated carbocycles. The second-order valence-electron chi connectivity index (χ2n) is 13.8. The van der Waals surface area contributed by atoms with Crippen LogP contribution in [0.3, 0.4) is 0 Å². The maximum atomic E-state index is 2.92. The molecule has 0 nitrogen and oxygen atoms in total. The Labute approximate surface area is 239 Å². The van der Waals surface area contributed by atoms with E-state index in [1.54, 1.807) is 28.7 Å². The van der Waals surface area contributed by atoms with E-state index in [1.165, 1.54) is 51.4 Å². The van der Waals surface area contributed by atoms with Crippen LogP contribution in [-0.2, 0) is 0 Å². The molecule has 0 aliphatic carbocycles. The van der Waals surface area contributed by atoms with E-state index in [9.17, 15) is 0 Å². The molecule has 0 amide bonds. The van der Waals surface area contributed by atoms with Gasteiger partial charge in [0.25, 0.3) is 0 Å². The summed E-state index contributed by atoms with van der Waals surface area (Å²) < 4.78 is 3.66. The van der Waals surface area contributed by atoms with Crippen molar-refractivity contribution >= 4 is 82.1 Å². The van der Waals surface area contributed by atoms with Crippen molar-refractivity contribution in [3.8, 4) is 9.75 Å². The van der Waals surface area contributed by atoms with Gasteiger partial charge in [-0.15, -0.1) is 0 Å². The summed E-state index contributed by atoms with van der Waals surface area (Å²) in [4.78, 5) is 11.6. The summed E-state index contributed by atoms with van der Waals surface area (Å²) in [5.74, 6) is 0. The molecule has 1 aliphatic rings. The Bertz CT molecular complexity index is 897. The Kier molecular flexibility index (Phi) is 11.0.